The zero-order valence-corrected chi connectivity index (χ0v) is 14.0. The van der Waals surface area contributed by atoms with Gasteiger partial charge in [0.15, 0.2) is 5.65 Å². The summed E-state index contributed by atoms with van der Waals surface area (Å²) < 4.78 is 42.7. The van der Waals surface area contributed by atoms with Crippen LogP contribution in [0.5, 0.6) is 0 Å². The highest BCUT2D eigenvalue weighted by atomic mass is 19.4. The van der Waals surface area contributed by atoms with E-state index in [2.05, 4.69) is 32.3 Å². The molecule has 8 nitrogen and oxygen atoms in total. The van der Waals surface area contributed by atoms with Crippen LogP contribution in [0.1, 0.15) is 18.2 Å². The molecule has 27 heavy (non-hydrogen) atoms. The highest BCUT2D eigenvalue weighted by Gasteiger charge is 2.40. The van der Waals surface area contributed by atoms with Crippen molar-refractivity contribution >= 4 is 22.8 Å². The molecule has 3 rings (SSSR count). The number of rotatable bonds is 4. The summed E-state index contributed by atoms with van der Waals surface area (Å²) in [4.78, 5) is 21.3. The van der Waals surface area contributed by atoms with E-state index in [1.54, 1.807) is 0 Å². The van der Waals surface area contributed by atoms with Gasteiger partial charge in [-0.1, -0.05) is 6.58 Å². The SMILES string of the molecule is C#Cc1nn([C@H]2C[C@H](COC(F)(F)F)N(C(=O)C=C)C2)c2ncnc(N)c12. The summed E-state index contributed by atoms with van der Waals surface area (Å²) in [5.74, 6) is 2.04. The van der Waals surface area contributed by atoms with E-state index in [1.807, 2.05) is 0 Å². The normalized spacial score (nSPS) is 20.0. The lowest BCUT2D eigenvalue weighted by Crippen LogP contribution is -2.38. The molecule has 0 saturated carbocycles. The van der Waals surface area contributed by atoms with Gasteiger partial charge in [0.1, 0.15) is 17.8 Å². The summed E-state index contributed by atoms with van der Waals surface area (Å²) >= 11 is 0. The highest BCUT2D eigenvalue weighted by molar-refractivity contribution is 5.90. The van der Waals surface area contributed by atoms with Gasteiger partial charge in [-0.15, -0.1) is 19.6 Å². The average molecular weight is 380 g/mol. The molecule has 2 atom stereocenters. The third kappa shape index (κ3) is 3.56. The minimum absolute atomic E-state index is 0.0986. The maximum absolute atomic E-state index is 12.4. The molecule has 2 aromatic rings. The third-order valence-corrected chi connectivity index (χ3v) is 4.29. The van der Waals surface area contributed by atoms with Gasteiger partial charge < -0.3 is 10.6 Å². The fourth-order valence-corrected chi connectivity index (χ4v) is 3.16. The summed E-state index contributed by atoms with van der Waals surface area (Å²) in [7, 11) is 0. The maximum atomic E-state index is 12.4. The number of hydrogen-bond donors (Lipinski definition) is 1. The largest absolute Gasteiger partial charge is 0.522 e. The Kier molecular flexibility index (Phi) is 4.75. The summed E-state index contributed by atoms with van der Waals surface area (Å²) in [6.07, 6.45) is 3.11. The number of alkyl halides is 3. The second-order valence-corrected chi connectivity index (χ2v) is 5.89. The zero-order valence-electron chi connectivity index (χ0n) is 14.0. The van der Waals surface area contributed by atoms with Crippen molar-refractivity contribution in [2.45, 2.75) is 24.9 Å². The Morgan fingerprint density at radius 3 is 2.89 bits per heavy atom. The molecule has 0 spiro atoms. The van der Waals surface area contributed by atoms with Crippen LogP contribution in [0, 0.1) is 12.3 Å². The Bertz CT molecular complexity index is 933. The van der Waals surface area contributed by atoms with Crippen LogP contribution >= 0.6 is 0 Å². The smallest absolute Gasteiger partial charge is 0.383 e. The van der Waals surface area contributed by atoms with E-state index in [0.717, 1.165) is 6.08 Å². The summed E-state index contributed by atoms with van der Waals surface area (Å²) in [6, 6.07) is -1.27. The number of carbonyl (C=O) groups excluding carboxylic acids is 1. The fraction of sp³-hybridized carbons (Fsp3) is 0.375. The molecule has 1 aliphatic heterocycles. The van der Waals surface area contributed by atoms with E-state index >= 15 is 0 Å². The van der Waals surface area contributed by atoms with Crippen molar-refractivity contribution in [3.05, 3.63) is 24.7 Å². The van der Waals surface area contributed by atoms with Gasteiger partial charge in [0.25, 0.3) is 0 Å². The first-order chi connectivity index (χ1) is 12.7. The Morgan fingerprint density at radius 1 is 1.52 bits per heavy atom. The number of ether oxygens (including phenoxy) is 1. The van der Waals surface area contributed by atoms with Crippen molar-refractivity contribution in [1.82, 2.24) is 24.6 Å². The monoisotopic (exact) mass is 380 g/mol. The van der Waals surface area contributed by atoms with Crippen molar-refractivity contribution in [3.8, 4) is 12.3 Å². The van der Waals surface area contributed by atoms with Gasteiger partial charge in [0.05, 0.1) is 24.1 Å². The lowest BCUT2D eigenvalue weighted by molar-refractivity contribution is -0.327. The average Bonchev–Trinajstić information content (AvgIpc) is 3.20. The van der Waals surface area contributed by atoms with E-state index in [-0.39, 0.29) is 24.5 Å². The van der Waals surface area contributed by atoms with Crippen molar-refractivity contribution < 1.29 is 22.7 Å². The number of halogens is 3. The van der Waals surface area contributed by atoms with E-state index in [0.29, 0.717) is 11.0 Å². The van der Waals surface area contributed by atoms with Crippen LogP contribution in [0.25, 0.3) is 11.0 Å². The molecule has 1 fully saturated rings. The van der Waals surface area contributed by atoms with E-state index in [4.69, 9.17) is 12.2 Å². The number of hydrogen-bond acceptors (Lipinski definition) is 6. The minimum atomic E-state index is -4.79. The number of fused-ring (bicyclic) bond motifs is 1. The molecule has 1 aliphatic rings. The summed E-state index contributed by atoms with van der Waals surface area (Å²) in [6.45, 7) is 2.79. The topological polar surface area (TPSA) is 99.2 Å². The molecule has 0 aliphatic carbocycles. The second-order valence-electron chi connectivity index (χ2n) is 5.89. The molecule has 142 valence electrons. The Hall–Kier alpha value is -3.13. The van der Waals surface area contributed by atoms with Crippen LogP contribution in [0.15, 0.2) is 19.0 Å². The Morgan fingerprint density at radius 2 is 2.26 bits per heavy atom. The first-order valence-electron chi connectivity index (χ1n) is 7.84. The first-order valence-corrected chi connectivity index (χ1v) is 7.84. The quantitative estimate of drug-likeness (QED) is 0.633. The van der Waals surface area contributed by atoms with Crippen molar-refractivity contribution in [2.75, 3.05) is 18.9 Å². The molecular weight excluding hydrogens is 365 g/mol. The van der Waals surface area contributed by atoms with Crippen molar-refractivity contribution in [3.63, 3.8) is 0 Å². The van der Waals surface area contributed by atoms with Gasteiger partial charge in [0, 0.05) is 6.54 Å². The number of likely N-dealkylation sites (tertiary alicyclic amines) is 1. The van der Waals surface area contributed by atoms with Gasteiger partial charge in [-0.2, -0.15) is 5.10 Å². The van der Waals surface area contributed by atoms with E-state index in [1.165, 1.54) is 15.9 Å². The van der Waals surface area contributed by atoms with Crippen molar-refractivity contribution in [1.29, 1.82) is 0 Å². The molecular formula is C16H15F3N6O2. The molecule has 2 N–H and O–H groups in total. The van der Waals surface area contributed by atoms with Gasteiger partial charge in [-0.05, 0) is 18.4 Å². The Balaban J connectivity index is 1.95. The first kappa shape index (κ1) is 18.7. The summed E-state index contributed by atoms with van der Waals surface area (Å²) in [5, 5.41) is 4.67. The van der Waals surface area contributed by atoms with Gasteiger partial charge in [0.2, 0.25) is 5.91 Å². The lowest BCUT2D eigenvalue weighted by Gasteiger charge is -2.23. The third-order valence-electron chi connectivity index (χ3n) is 4.29. The molecule has 0 radical (unpaired) electrons. The Labute approximate surface area is 151 Å². The number of carbonyl (C=O) groups is 1. The number of aromatic nitrogens is 4. The predicted molar refractivity (Wildman–Crippen MR) is 89.0 cm³/mol. The van der Waals surface area contributed by atoms with Crippen LogP contribution in [-0.4, -0.2) is 56.1 Å². The van der Waals surface area contributed by atoms with Gasteiger partial charge in [-0.25, -0.2) is 14.6 Å². The molecule has 0 aromatic carbocycles. The zero-order chi connectivity index (χ0) is 19.8. The molecule has 1 saturated heterocycles. The van der Waals surface area contributed by atoms with Crippen LogP contribution in [0.4, 0.5) is 19.0 Å². The van der Waals surface area contributed by atoms with Crippen LogP contribution in [-0.2, 0) is 9.53 Å². The van der Waals surface area contributed by atoms with Crippen LogP contribution < -0.4 is 5.73 Å². The maximum Gasteiger partial charge on any atom is 0.522 e. The van der Waals surface area contributed by atoms with Gasteiger partial charge >= 0.3 is 6.36 Å². The second kappa shape index (κ2) is 6.88. The van der Waals surface area contributed by atoms with Crippen LogP contribution in [0.3, 0.4) is 0 Å². The number of nitrogens with two attached hydrogens (primary N) is 1. The number of anilines is 1. The van der Waals surface area contributed by atoms with E-state index in [9.17, 15) is 18.0 Å². The summed E-state index contributed by atoms with van der Waals surface area (Å²) in [5.41, 5.74) is 6.41. The van der Waals surface area contributed by atoms with Crippen LogP contribution in [0.2, 0.25) is 0 Å². The molecule has 1 amide bonds. The molecule has 3 heterocycles. The predicted octanol–water partition coefficient (Wildman–Crippen LogP) is 1.25. The van der Waals surface area contributed by atoms with Crippen molar-refractivity contribution in [2.24, 2.45) is 0 Å². The number of nitrogens with zero attached hydrogens (tertiary/aromatic N) is 5. The van der Waals surface area contributed by atoms with E-state index < -0.39 is 31.0 Å². The number of terminal acetylenes is 1. The number of nitrogen functional groups attached to an aromatic ring is 1. The highest BCUT2D eigenvalue weighted by Crippen LogP contribution is 2.32. The van der Waals surface area contributed by atoms with Gasteiger partial charge in [-0.3, -0.25) is 9.53 Å². The molecule has 0 unspecified atom stereocenters. The molecule has 11 heteroatoms. The molecule has 2 aromatic heterocycles. The number of amides is 1. The minimum Gasteiger partial charge on any atom is -0.383 e. The standard InChI is InChI=1S/C16H15F3N6O2/c1-3-11-13-14(20)21-8-22-15(13)25(23-11)9-5-10(7-27-16(17,18)19)24(6-9)12(26)4-2/h1,4,8-10H,2,5-7H2,(H2,20,21,22)/t9-,10+/m0/s1. The lowest BCUT2D eigenvalue weighted by atomic mass is 10.2. The molecule has 0 bridgehead atoms. The fourth-order valence-electron chi connectivity index (χ4n) is 3.16.